The van der Waals surface area contributed by atoms with Crippen LogP contribution < -0.4 is 10.6 Å². The third-order valence-corrected chi connectivity index (χ3v) is 3.82. The molecule has 0 saturated heterocycles. The predicted octanol–water partition coefficient (Wildman–Crippen LogP) is 4.05. The molecule has 0 bridgehead atoms. The second kappa shape index (κ2) is 5.89. The number of para-hydroxylation sites is 1. The van der Waals surface area contributed by atoms with Crippen molar-refractivity contribution in [2.45, 2.75) is 6.92 Å². The van der Waals surface area contributed by atoms with Gasteiger partial charge in [-0.15, -0.1) is 0 Å². The van der Waals surface area contributed by atoms with Crippen LogP contribution in [-0.2, 0) is 0 Å². The summed E-state index contributed by atoms with van der Waals surface area (Å²) >= 11 is 3.46. The molecule has 0 saturated carbocycles. The Kier molecular flexibility index (Phi) is 4.22. The summed E-state index contributed by atoms with van der Waals surface area (Å²) in [4.78, 5) is 12.3. The highest BCUT2D eigenvalue weighted by Crippen LogP contribution is 2.24. The first-order chi connectivity index (χ1) is 9.13. The van der Waals surface area contributed by atoms with Gasteiger partial charge in [0.1, 0.15) is 0 Å². The number of carbonyl (C=O) groups excluding carboxylic acids is 1. The average Bonchev–Trinajstić information content (AvgIpc) is 2.43. The molecule has 19 heavy (non-hydrogen) atoms. The smallest absolute Gasteiger partial charge is 0.257 e. The van der Waals surface area contributed by atoms with Crippen LogP contribution in [0, 0.1) is 6.92 Å². The first-order valence-electron chi connectivity index (χ1n) is 5.96. The van der Waals surface area contributed by atoms with Gasteiger partial charge in [0, 0.05) is 22.9 Å². The van der Waals surface area contributed by atoms with Crippen LogP contribution in [0.3, 0.4) is 0 Å². The van der Waals surface area contributed by atoms with Crippen molar-refractivity contribution in [3.8, 4) is 0 Å². The fourth-order valence-corrected chi connectivity index (χ4v) is 2.20. The topological polar surface area (TPSA) is 41.1 Å². The quantitative estimate of drug-likeness (QED) is 0.896. The molecule has 98 valence electrons. The van der Waals surface area contributed by atoms with Crippen molar-refractivity contribution in [3.05, 3.63) is 58.1 Å². The number of rotatable bonds is 3. The maximum atomic E-state index is 12.3. The molecule has 0 aliphatic carbocycles. The van der Waals surface area contributed by atoms with E-state index in [0.717, 1.165) is 21.4 Å². The molecule has 4 heteroatoms. The number of amides is 1. The fraction of sp³-hybridized carbons (Fsp3) is 0.133. The number of hydrogen-bond acceptors (Lipinski definition) is 2. The van der Waals surface area contributed by atoms with Crippen molar-refractivity contribution in [1.29, 1.82) is 0 Å². The van der Waals surface area contributed by atoms with Crippen molar-refractivity contribution in [2.24, 2.45) is 0 Å². The van der Waals surface area contributed by atoms with Crippen LogP contribution in [0.25, 0.3) is 0 Å². The van der Waals surface area contributed by atoms with E-state index in [9.17, 15) is 4.79 Å². The molecule has 0 heterocycles. The van der Waals surface area contributed by atoms with E-state index in [2.05, 4.69) is 26.6 Å². The van der Waals surface area contributed by atoms with Gasteiger partial charge >= 0.3 is 0 Å². The Morgan fingerprint density at radius 3 is 2.47 bits per heavy atom. The number of benzene rings is 2. The van der Waals surface area contributed by atoms with E-state index in [1.807, 2.05) is 43.3 Å². The van der Waals surface area contributed by atoms with Gasteiger partial charge in [-0.3, -0.25) is 4.79 Å². The fourth-order valence-electron chi connectivity index (χ4n) is 1.83. The highest BCUT2D eigenvalue weighted by molar-refractivity contribution is 9.10. The van der Waals surface area contributed by atoms with Crippen LogP contribution in [0.4, 0.5) is 11.4 Å². The first kappa shape index (κ1) is 13.6. The number of halogens is 1. The number of hydrogen-bond donors (Lipinski definition) is 2. The lowest BCUT2D eigenvalue weighted by Crippen LogP contribution is -2.14. The monoisotopic (exact) mass is 318 g/mol. The molecule has 2 aromatic rings. The maximum absolute atomic E-state index is 12.3. The summed E-state index contributed by atoms with van der Waals surface area (Å²) in [6, 6.07) is 13.2. The molecule has 0 unspecified atom stereocenters. The van der Waals surface area contributed by atoms with E-state index < -0.39 is 0 Å². The van der Waals surface area contributed by atoms with Gasteiger partial charge in [0.05, 0.1) is 5.56 Å². The zero-order valence-electron chi connectivity index (χ0n) is 10.8. The third kappa shape index (κ3) is 2.96. The lowest BCUT2D eigenvalue weighted by atomic mass is 10.1. The summed E-state index contributed by atoms with van der Waals surface area (Å²) in [6.07, 6.45) is 0. The summed E-state index contributed by atoms with van der Waals surface area (Å²) in [5.41, 5.74) is 3.26. The Morgan fingerprint density at radius 2 is 1.74 bits per heavy atom. The Hall–Kier alpha value is -1.81. The van der Waals surface area contributed by atoms with Crippen molar-refractivity contribution in [3.63, 3.8) is 0 Å². The van der Waals surface area contributed by atoms with Crippen molar-refractivity contribution in [2.75, 3.05) is 17.7 Å². The van der Waals surface area contributed by atoms with Crippen LogP contribution in [-0.4, -0.2) is 13.0 Å². The average molecular weight is 319 g/mol. The molecule has 2 N–H and O–H groups in total. The minimum atomic E-state index is -0.119. The molecule has 0 spiro atoms. The lowest BCUT2D eigenvalue weighted by Gasteiger charge is -2.12. The van der Waals surface area contributed by atoms with Gasteiger partial charge in [0.2, 0.25) is 0 Å². The molecule has 1 amide bonds. The molecule has 0 radical (unpaired) electrons. The van der Waals surface area contributed by atoms with Gasteiger partial charge in [-0.05, 0) is 36.8 Å². The van der Waals surface area contributed by atoms with E-state index in [0.29, 0.717) is 5.56 Å². The molecular formula is C15H15BrN2O. The zero-order chi connectivity index (χ0) is 13.8. The third-order valence-electron chi connectivity index (χ3n) is 2.96. The number of carbonyl (C=O) groups is 1. The maximum Gasteiger partial charge on any atom is 0.257 e. The van der Waals surface area contributed by atoms with Crippen LogP contribution in [0.1, 0.15) is 15.9 Å². The van der Waals surface area contributed by atoms with E-state index >= 15 is 0 Å². The van der Waals surface area contributed by atoms with Gasteiger partial charge in [-0.1, -0.05) is 34.1 Å². The van der Waals surface area contributed by atoms with Gasteiger partial charge in [-0.25, -0.2) is 0 Å². The van der Waals surface area contributed by atoms with Crippen molar-refractivity contribution >= 4 is 33.2 Å². The van der Waals surface area contributed by atoms with Crippen molar-refractivity contribution < 1.29 is 4.79 Å². The lowest BCUT2D eigenvalue weighted by molar-refractivity contribution is 0.102. The number of anilines is 2. The minimum Gasteiger partial charge on any atom is -0.387 e. The van der Waals surface area contributed by atoms with E-state index in [-0.39, 0.29) is 5.91 Å². The SMILES string of the molecule is CNc1ccccc1C(=O)Nc1cccc(Br)c1C. The minimum absolute atomic E-state index is 0.119. The van der Waals surface area contributed by atoms with Crippen LogP contribution in [0.15, 0.2) is 46.9 Å². The normalized spacial score (nSPS) is 10.1. The van der Waals surface area contributed by atoms with E-state index in [1.54, 1.807) is 13.1 Å². The molecule has 0 aliphatic rings. The highest BCUT2D eigenvalue weighted by Gasteiger charge is 2.11. The summed E-state index contributed by atoms with van der Waals surface area (Å²) in [6.45, 7) is 1.96. The summed E-state index contributed by atoms with van der Waals surface area (Å²) in [5.74, 6) is -0.119. The summed E-state index contributed by atoms with van der Waals surface area (Å²) in [5, 5.41) is 5.95. The largest absolute Gasteiger partial charge is 0.387 e. The molecule has 0 atom stereocenters. The standard InChI is InChI=1S/C15H15BrN2O/c1-10-12(16)7-5-9-13(10)18-15(19)11-6-3-4-8-14(11)17-2/h3-9,17H,1-2H3,(H,18,19). The Morgan fingerprint density at radius 1 is 1.05 bits per heavy atom. The van der Waals surface area contributed by atoms with Gasteiger partial charge < -0.3 is 10.6 Å². The molecule has 2 rings (SSSR count). The van der Waals surface area contributed by atoms with Crippen LogP contribution in [0.5, 0.6) is 0 Å². The first-order valence-corrected chi connectivity index (χ1v) is 6.76. The van der Waals surface area contributed by atoms with Gasteiger partial charge in [-0.2, -0.15) is 0 Å². The van der Waals surface area contributed by atoms with Crippen LogP contribution >= 0.6 is 15.9 Å². The molecule has 0 aliphatic heterocycles. The Labute approximate surface area is 121 Å². The molecule has 2 aromatic carbocycles. The Bertz CT molecular complexity index is 611. The second-order valence-electron chi connectivity index (χ2n) is 4.16. The zero-order valence-corrected chi connectivity index (χ0v) is 12.4. The van der Waals surface area contributed by atoms with Crippen molar-refractivity contribution in [1.82, 2.24) is 0 Å². The summed E-state index contributed by atoms with van der Waals surface area (Å²) < 4.78 is 0.979. The van der Waals surface area contributed by atoms with Gasteiger partial charge in [0.25, 0.3) is 5.91 Å². The van der Waals surface area contributed by atoms with E-state index in [1.165, 1.54) is 0 Å². The molecule has 3 nitrogen and oxygen atoms in total. The predicted molar refractivity (Wildman–Crippen MR) is 82.8 cm³/mol. The number of nitrogens with one attached hydrogen (secondary N) is 2. The second-order valence-corrected chi connectivity index (χ2v) is 5.02. The van der Waals surface area contributed by atoms with E-state index in [4.69, 9.17) is 0 Å². The Balaban J connectivity index is 2.28. The molecule has 0 fully saturated rings. The summed E-state index contributed by atoms with van der Waals surface area (Å²) in [7, 11) is 1.80. The molecule has 0 aromatic heterocycles. The molecular weight excluding hydrogens is 304 g/mol. The van der Waals surface area contributed by atoms with Gasteiger partial charge in [0.15, 0.2) is 0 Å². The van der Waals surface area contributed by atoms with Crippen LogP contribution in [0.2, 0.25) is 0 Å². The highest BCUT2D eigenvalue weighted by atomic mass is 79.9.